The molecule has 0 unspecified atom stereocenters. The Morgan fingerprint density at radius 2 is 1.81 bits per heavy atom. The number of likely N-dealkylation sites (N-methyl/N-ethyl adjacent to an activating group) is 1. The largest absolute Gasteiger partial charge is 0.352 e. The van der Waals surface area contributed by atoms with Crippen LogP contribution >= 0.6 is 0 Å². The highest BCUT2D eigenvalue weighted by Gasteiger charge is 2.24. The molecule has 0 saturated heterocycles. The molecule has 138 valence electrons. The number of Topliss-reactive ketones (excluding diaryl/α,β-unsaturated/α-hetero) is 1. The highest BCUT2D eigenvalue weighted by Crippen LogP contribution is 2.28. The number of fused-ring (bicyclic) bond motifs is 1. The first-order chi connectivity index (χ1) is 12.9. The topological polar surface area (TPSA) is 110 Å². The van der Waals surface area contributed by atoms with Crippen LogP contribution in [-0.2, 0) is 11.2 Å². The Morgan fingerprint density at radius 3 is 2.48 bits per heavy atom. The molecule has 0 bridgehead atoms. The minimum absolute atomic E-state index is 0.00930. The van der Waals surface area contributed by atoms with Gasteiger partial charge in [-0.1, -0.05) is 0 Å². The summed E-state index contributed by atoms with van der Waals surface area (Å²) < 4.78 is 0. The summed E-state index contributed by atoms with van der Waals surface area (Å²) >= 11 is 0. The van der Waals surface area contributed by atoms with E-state index in [1.165, 1.54) is 24.3 Å². The Bertz CT molecular complexity index is 937. The monoisotopic (exact) mass is 367 g/mol. The molecule has 2 aromatic rings. The van der Waals surface area contributed by atoms with Gasteiger partial charge in [0.15, 0.2) is 5.78 Å². The summed E-state index contributed by atoms with van der Waals surface area (Å²) in [6.07, 6.45) is 0.394. The van der Waals surface area contributed by atoms with Crippen molar-refractivity contribution in [3.8, 4) is 0 Å². The van der Waals surface area contributed by atoms with Crippen LogP contribution in [0.4, 0.5) is 11.4 Å². The van der Waals surface area contributed by atoms with E-state index in [0.717, 1.165) is 11.3 Å². The van der Waals surface area contributed by atoms with Crippen LogP contribution < -0.4 is 10.2 Å². The van der Waals surface area contributed by atoms with E-state index in [2.05, 4.69) is 5.32 Å². The van der Waals surface area contributed by atoms with Crippen LogP contribution in [0.5, 0.6) is 0 Å². The first-order valence-corrected chi connectivity index (χ1v) is 8.32. The minimum atomic E-state index is -0.539. The molecule has 2 aromatic carbocycles. The van der Waals surface area contributed by atoms with Gasteiger partial charge in [-0.25, -0.2) is 0 Å². The molecule has 2 amide bonds. The van der Waals surface area contributed by atoms with Crippen molar-refractivity contribution in [2.24, 2.45) is 0 Å². The van der Waals surface area contributed by atoms with Crippen molar-refractivity contribution in [2.45, 2.75) is 12.8 Å². The zero-order chi connectivity index (χ0) is 19.6. The van der Waals surface area contributed by atoms with Crippen molar-refractivity contribution in [1.82, 2.24) is 5.32 Å². The van der Waals surface area contributed by atoms with Crippen molar-refractivity contribution in [3.63, 3.8) is 0 Å². The maximum Gasteiger partial charge on any atom is 0.269 e. The highest BCUT2D eigenvalue weighted by molar-refractivity contribution is 6.03. The van der Waals surface area contributed by atoms with Gasteiger partial charge >= 0.3 is 0 Å². The molecule has 0 saturated carbocycles. The second-order valence-corrected chi connectivity index (χ2v) is 6.21. The summed E-state index contributed by atoms with van der Waals surface area (Å²) in [5, 5.41) is 13.2. The number of ketones is 1. The SMILES string of the molecule is CN1C(=O)Cc2cc(C(=O)CCNC(=O)c3ccc([N+](=O)[O-])cc3)ccc21. The van der Waals surface area contributed by atoms with E-state index in [4.69, 9.17) is 0 Å². The fourth-order valence-electron chi connectivity index (χ4n) is 2.91. The van der Waals surface area contributed by atoms with Gasteiger partial charge in [-0.3, -0.25) is 24.5 Å². The van der Waals surface area contributed by atoms with Crippen LogP contribution in [0.3, 0.4) is 0 Å². The number of nitrogens with one attached hydrogen (secondary N) is 1. The molecule has 3 rings (SSSR count). The Morgan fingerprint density at radius 1 is 1.15 bits per heavy atom. The van der Waals surface area contributed by atoms with E-state index >= 15 is 0 Å². The molecule has 8 heteroatoms. The van der Waals surface area contributed by atoms with Gasteiger partial charge in [0.25, 0.3) is 11.6 Å². The number of carbonyl (C=O) groups excluding carboxylic acids is 3. The number of hydrogen-bond donors (Lipinski definition) is 1. The van der Waals surface area contributed by atoms with Crippen molar-refractivity contribution < 1.29 is 19.3 Å². The maximum absolute atomic E-state index is 12.3. The van der Waals surface area contributed by atoms with Crippen LogP contribution in [0.2, 0.25) is 0 Å². The summed E-state index contributed by atoms with van der Waals surface area (Å²) in [6.45, 7) is 0.143. The molecule has 0 aliphatic carbocycles. The second kappa shape index (κ2) is 7.36. The molecular formula is C19H17N3O5. The predicted molar refractivity (Wildman–Crippen MR) is 97.9 cm³/mol. The van der Waals surface area contributed by atoms with Gasteiger partial charge in [-0.2, -0.15) is 0 Å². The average Bonchev–Trinajstić information content (AvgIpc) is 2.95. The average molecular weight is 367 g/mol. The first kappa shape index (κ1) is 18.2. The quantitative estimate of drug-likeness (QED) is 0.478. The Hall–Kier alpha value is -3.55. The van der Waals surface area contributed by atoms with E-state index in [1.807, 2.05) is 0 Å². The molecule has 0 radical (unpaired) electrons. The standard InChI is InChI=1S/C19H17N3O5/c1-21-16-7-4-13(10-14(16)11-18(21)24)17(23)8-9-20-19(25)12-2-5-15(6-3-12)22(26)27/h2-7,10H,8-9,11H2,1H3,(H,20,25). The molecule has 8 nitrogen and oxygen atoms in total. The number of nitro benzene ring substituents is 1. The van der Waals surface area contributed by atoms with Crippen LogP contribution in [0.1, 0.15) is 32.7 Å². The highest BCUT2D eigenvalue weighted by atomic mass is 16.6. The number of anilines is 1. The number of amides is 2. The Kier molecular flexibility index (Phi) is 4.98. The third-order valence-corrected chi connectivity index (χ3v) is 4.46. The zero-order valence-electron chi connectivity index (χ0n) is 14.6. The van der Waals surface area contributed by atoms with Gasteiger partial charge in [0.1, 0.15) is 0 Å². The summed E-state index contributed by atoms with van der Waals surface area (Å²) in [5.41, 5.74) is 2.32. The van der Waals surface area contributed by atoms with Gasteiger partial charge < -0.3 is 10.2 Å². The Labute approximate surface area is 154 Å². The number of carbonyl (C=O) groups is 3. The van der Waals surface area contributed by atoms with Crippen LogP contribution in [0.15, 0.2) is 42.5 Å². The number of hydrogen-bond acceptors (Lipinski definition) is 5. The molecule has 27 heavy (non-hydrogen) atoms. The predicted octanol–water partition coefficient (Wildman–Crippen LogP) is 2.12. The van der Waals surface area contributed by atoms with Crippen molar-refractivity contribution in [1.29, 1.82) is 0 Å². The van der Waals surface area contributed by atoms with Crippen LogP contribution in [0, 0.1) is 10.1 Å². The zero-order valence-corrected chi connectivity index (χ0v) is 14.6. The molecule has 0 atom stereocenters. The molecule has 1 aliphatic heterocycles. The second-order valence-electron chi connectivity index (χ2n) is 6.21. The van der Waals surface area contributed by atoms with E-state index < -0.39 is 10.8 Å². The molecular weight excluding hydrogens is 350 g/mol. The lowest BCUT2D eigenvalue weighted by Crippen LogP contribution is -2.26. The number of rotatable bonds is 6. The Balaban J connectivity index is 1.55. The van der Waals surface area contributed by atoms with E-state index in [0.29, 0.717) is 5.56 Å². The van der Waals surface area contributed by atoms with E-state index in [-0.39, 0.29) is 42.3 Å². The van der Waals surface area contributed by atoms with E-state index in [1.54, 1.807) is 30.1 Å². The molecule has 0 spiro atoms. The molecule has 1 heterocycles. The number of benzene rings is 2. The van der Waals surface area contributed by atoms with Crippen LogP contribution in [-0.4, -0.2) is 36.1 Å². The van der Waals surface area contributed by atoms with Gasteiger partial charge in [0, 0.05) is 49.0 Å². The normalized spacial score (nSPS) is 12.6. The van der Waals surface area contributed by atoms with Gasteiger partial charge in [0.2, 0.25) is 5.91 Å². The number of nitrogens with zero attached hydrogens (tertiary/aromatic N) is 2. The smallest absolute Gasteiger partial charge is 0.269 e. The lowest BCUT2D eigenvalue weighted by Gasteiger charge is -2.10. The summed E-state index contributed by atoms with van der Waals surface area (Å²) in [5.74, 6) is -0.548. The summed E-state index contributed by atoms with van der Waals surface area (Å²) in [4.78, 5) is 47.7. The van der Waals surface area contributed by atoms with Gasteiger partial charge in [0.05, 0.1) is 11.3 Å². The van der Waals surface area contributed by atoms with E-state index in [9.17, 15) is 24.5 Å². The maximum atomic E-state index is 12.3. The molecule has 1 aliphatic rings. The van der Waals surface area contributed by atoms with Crippen molar-refractivity contribution in [3.05, 3.63) is 69.3 Å². The lowest BCUT2D eigenvalue weighted by atomic mass is 10.0. The third-order valence-electron chi connectivity index (χ3n) is 4.46. The molecule has 0 aromatic heterocycles. The van der Waals surface area contributed by atoms with Crippen LogP contribution in [0.25, 0.3) is 0 Å². The third kappa shape index (κ3) is 3.84. The summed E-state index contributed by atoms with van der Waals surface area (Å²) in [7, 11) is 1.70. The van der Waals surface area contributed by atoms with Crippen molar-refractivity contribution >= 4 is 29.0 Å². The number of non-ortho nitro benzene ring substituents is 1. The first-order valence-electron chi connectivity index (χ1n) is 8.32. The van der Waals surface area contributed by atoms with Gasteiger partial charge in [-0.05, 0) is 35.9 Å². The lowest BCUT2D eigenvalue weighted by molar-refractivity contribution is -0.384. The van der Waals surface area contributed by atoms with Crippen molar-refractivity contribution in [2.75, 3.05) is 18.5 Å². The number of nitro groups is 1. The molecule has 0 fully saturated rings. The fraction of sp³-hybridized carbons (Fsp3) is 0.211. The summed E-state index contributed by atoms with van der Waals surface area (Å²) in [6, 6.07) is 10.4. The minimum Gasteiger partial charge on any atom is -0.352 e. The fourth-order valence-corrected chi connectivity index (χ4v) is 2.91. The van der Waals surface area contributed by atoms with Gasteiger partial charge in [-0.15, -0.1) is 0 Å². The molecule has 1 N–H and O–H groups in total.